The second-order valence-electron chi connectivity index (χ2n) is 4.25. The number of nitrogens with zero attached hydrogens (tertiary/aromatic N) is 3. The zero-order valence-electron chi connectivity index (χ0n) is 11.1. The van der Waals surface area contributed by atoms with E-state index in [0.717, 1.165) is 22.8 Å². The van der Waals surface area contributed by atoms with E-state index in [1.165, 1.54) is 0 Å². The lowest BCUT2D eigenvalue weighted by Crippen LogP contribution is -2.12. The maximum Gasteiger partial charge on any atom is 0.164 e. The Morgan fingerprint density at radius 3 is 2.79 bits per heavy atom. The molecule has 0 bridgehead atoms. The average Bonchev–Trinajstić information content (AvgIpc) is 2.82. The molecule has 0 amide bonds. The smallest absolute Gasteiger partial charge is 0.164 e. The molecule has 6 heteroatoms. The summed E-state index contributed by atoms with van der Waals surface area (Å²) >= 11 is 6.15. The first kappa shape index (κ1) is 14.0. The number of hydrogen-bond acceptors (Lipinski definition) is 4. The summed E-state index contributed by atoms with van der Waals surface area (Å²) in [6, 6.07) is 5.84. The second kappa shape index (κ2) is 6.14. The Bertz CT molecular complexity index is 568. The molecule has 0 fully saturated rings. The van der Waals surface area contributed by atoms with Gasteiger partial charge in [0, 0.05) is 24.2 Å². The highest BCUT2D eigenvalue weighted by Crippen LogP contribution is 2.24. The van der Waals surface area contributed by atoms with Crippen LogP contribution in [0, 0.1) is 6.92 Å². The summed E-state index contributed by atoms with van der Waals surface area (Å²) < 4.78 is 7.07. The predicted octanol–water partition coefficient (Wildman–Crippen LogP) is 2.01. The quantitative estimate of drug-likeness (QED) is 0.910. The minimum Gasteiger partial charge on any atom is -0.383 e. The molecule has 2 N–H and O–H groups in total. The summed E-state index contributed by atoms with van der Waals surface area (Å²) in [7, 11) is 1.66. The lowest BCUT2D eigenvalue weighted by molar-refractivity contribution is 0.186. The van der Waals surface area contributed by atoms with Gasteiger partial charge in [-0.2, -0.15) is 0 Å². The van der Waals surface area contributed by atoms with Gasteiger partial charge in [0.1, 0.15) is 5.82 Å². The van der Waals surface area contributed by atoms with Gasteiger partial charge in [0.2, 0.25) is 0 Å². The van der Waals surface area contributed by atoms with Gasteiger partial charge in [-0.3, -0.25) is 0 Å². The molecule has 0 saturated heterocycles. The van der Waals surface area contributed by atoms with E-state index in [4.69, 9.17) is 22.1 Å². The molecule has 0 unspecified atom stereocenters. The molecule has 0 spiro atoms. The Morgan fingerprint density at radius 2 is 2.16 bits per heavy atom. The highest BCUT2D eigenvalue weighted by molar-refractivity contribution is 6.31. The molecule has 1 aromatic carbocycles. The van der Waals surface area contributed by atoms with Gasteiger partial charge in [-0.15, -0.1) is 10.2 Å². The third kappa shape index (κ3) is 2.94. The Labute approximate surface area is 117 Å². The maximum atomic E-state index is 6.15. The van der Waals surface area contributed by atoms with E-state index in [0.29, 0.717) is 24.7 Å². The van der Waals surface area contributed by atoms with Crippen LogP contribution in [0.3, 0.4) is 0 Å². The van der Waals surface area contributed by atoms with Crippen molar-refractivity contribution in [2.24, 2.45) is 5.73 Å². The van der Waals surface area contributed by atoms with E-state index in [1.54, 1.807) is 7.11 Å². The van der Waals surface area contributed by atoms with Crippen LogP contribution < -0.4 is 5.73 Å². The molecule has 5 nitrogen and oxygen atoms in total. The lowest BCUT2D eigenvalue weighted by Gasteiger charge is -2.09. The van der Waals surface area contributed by atoms with Crippen LogP contribution in [-0.4, -0.2) is 28.5 Å². The highest BCUT2D eigenvalue weighted by atomic mass is 35.5. The Hall–Kier alpha value is -1.43. The number of halogens is 1. The first-order chi connectivity index (χ1) is 9.17. The van der Waals surface area contributed by atoms with Crippen molar-refractivity contribution < 1.29 is 4.74 Å². The van der Waals surface area contributed by atoms with E-state index in [9.17, 15) is 0 Å². The fourth-order valence-electron chi connectivity index (χ4n) is 1.85. The fourth-order valence-corrected chi connectivity index (χ4v) is 2.03. The summed E-state index contributed by atoms with van der Waals surface area (Å²) in [6.07, 6.45) is 0. The molecule has 19 heavy (non-hydrogen) atoms. The molecule has 2 rings (SSSR count). The molecule has 0 saturated carbocycles. The number of methoxy groups -OCH3 is 1. The molecular formula is C13H17ClN4O. The highest BCUT2D eigenvalue weighted by Gasteiger charge is 2.13. The standard InChI is InChI=1S/C13H17ClN4O/c1-9-3-4-10(7-11(9)14)13-17-16-12(8-15)18(13)5-6-19-2/h3-4,7H,5-6,8,15H2,1-2H3. The van der Waals surface area contributed by atoms with Crippen molar-refractivity contribution in [2.45, 2.75) is 20.0 Å². The summed E-state index contributed by atoms with van der Waals surface area (Å²) in [6.45, 7) is 3.55. The molecular weight excluding hydrogens is 264 g/mol. The van der Waals surface area contributed by atoms with Crippen LogP contribution in [0.1, 0.15) is 11.4 Å². The van der Waals surface area contributed by atoms with Gasteiger partial charge in [-0.25, -0.2) is 0 Å². The zero-order valence-corrected chi connectivity index (χ0v) is 11.8. The SMILES string of the molecule is COCCn1c(CN)nnc1-c1ccc(C)c(Cl)c1. The van der Waals surface area contributed by atoms with Crippen LogP contribution in [0.5, 0.6) is 0 Å². The molecule has 0 atom stereocenters. The van der Waals surface area contributed by atoms with Crippen molar-refractivity contribution in [1.82, 2.24) is 14.8 Å². The molecule has 2 aromatic rings. The average molecular weight is 281 g/mol. The van der Waals surface area contributed by atoms with Crippen molar-refractivity contribution in [2.75, 3.05) is 13.7 Å². The molecule has 1 heterocycles. The van der Waals surface area contributed by atoms with Gasteiger partial charge < -0.3 is 15.0 Å². The van der Waals surface area contributed by atoms with E-state index < -0.39 is 0 Å². The van der Waals surface area contributed by atoms with Crippen molar-refractivity contribution in [1.29, 1.82) is 0 Å². The van der Waals surface area contributed by atoms with Crippen LogP contribution in [0.15, 0.2) is 18.2 Å². The largest absolute Gasteiger partial charge is 0.383 e. The van der Waals surface area contributed by atoms with Crippen LogP contribution in [-0.2, 0) is 17.8 Å². The molecule has 0 aliphatic carbocycles. The number of ether oxygens (including phenoxy) is 1. The number of nitrogens with two attached hydrogens (primary N) is 1. The Kier molecular flexibility index (Phi) is 4.52. The molecule has 1 aromatic heterocycles. The maximum absolute atomic E-state index is 6.15. The summed E-state index contributed by atoms with van der Waals surface area (Å²) in [5, 5.41) is 9.02. The van der Waals surface area contributed by atoms with E-state index in [-0.39, 0.29) is 0 Å². The minimum atomic E-state index is 0.344. The summed E-state index contributed by atoms with van der Waals surface area (Å²) in [5.41, 5.74) is 7.64. The van der Waals surface area contributed by atoms with Crippen molar-refractivity contribution in [3.63, 3.8) is 0 Å². The lowest BCUT2D eigenvalue weighted by atomic mass is 10.1. The Morgan fingerprint density at radius 1 is 1.37 bits per heavy atom. The summed E-state index contributed by atoms with van der Waals surface area (Å²) in [4.78, 5) is 0. The molecule has 102 valence electrons. The van der Waals surface area contributed by atoms with Gasteiger partial charge in [0.15, 0.2) is 5.82 Å². The van der Waals surface area contributed by atoms with Crippen LogP contribution in [0.25, 0.3) is 11.4 Å². The number of rotatable bonds is 5. The molecule has 0 aliphatic heterocycles. The topological polar surface area (TPSA) is 66.0 Å². The first-order valence-corrected chi connectivity index (χ1v) is 6.42. The molecule has 0 radical (unpaired) electrons. The molecule has 0 aliphatic rings. The normalized spacial score (nSPS) is 10.9. The van der Waals surface area contributed by atoms with Crippen LogP contribution in [0.2, 0.25) is 5.02 Å². The van der Waals surface area contributed by atoms with Crippen molar-refractivity contribution in [3.8, 4) is 11.4 Å². The van der Waals surface area contributed by atoms with Gasteiger partial charge >= 0.3 is 0 Å². The van der Waals surface area contributed by atoms with Crippen molar-refractivity contribution in [3.05, 3.63) is 34.6 Å². The van der Waals surface area contributed by atoms with E-state index in [2.05, 4.69) is 10.2 Å². The minimum absolute atomic E-state index is 0.344. The van der Waals surface area contributed by atoms with E-state index in [1.807, 2.05) is 29.7 Å². The summed E-state index contributed by atoms with van der Waals surface area (Å²) in [5.74, 6) is 1.50. The van der Waals surface area contributed by atoms with Gasteiger partial charge in [-0.05, 0) is 18.6 Å². The number of benzene rings is 1. The fraction of sp³-hybridized carbons (Fsp3) is 0.385. The van der Waals surface area contributed by atoms with Crippen molar-refractivity contribution >= 4 is 11.6 Å². The predicted molar refractivity (Wildman–Crippen MR) is 75.0 cm³/mol. The monoisotopic (exact) mass is 280 g/mol. The second-order valence-corrected chi connectivity index (χ2v) is 4.66. The van der Waals surface area contributed by atoms with Gasteiger partial charge in [-0.1, -0.05) is 23.7 Å². The first-order valence-electron chi connectivity index (χ1n) is 6.05. The van der Waals surface area contributed by atoms with Crippen LogP contribution >= 0.6 is 11.6 Å². The van der Waals surface area contributed by atoms with Gasteiger partial charge in [0.25, 0.3) is 0 Å². The number of hydrogen-bond donors (Lipinski definition) is 1. The van der Waals surface area contributed by atoms with Gasteiger partial charge in [0.05, 0.1) is 13.2 Å². The third-order valence-corrected chi connectivity index (χ3v) is 3.37. The van der Waals surface area contributed by atoms with E-state index >= 15 is 0 Å². The Balaban J connectivity index is 2.42. The third-order valence-electron chi connectivity index (χ3n) is 2.96. The number of aryl methyl sites for hydroxylation is 1. The zero-order chi connectivity index (χ0) is 13.8. The van der Waals surface area contributed by atoms with Crippen LogP contribution in [0.4, 0.5) is 0 Å². The number of aromatic nitrogens is 3.